The van der Waals surface area contributed by atoms with Crippen LogP contribution in [0.4, 0.5) is 0 Å². The Kier molecular flexibility index (Phi) is 5.84. The van der Waals surface area contributed by atoms with Crippen molar-refractivity contribution < 1.29 is 17.9 Å². The fourth-order valence-electron chi connectivity index (χ4n) is 2.97. The summed E-state index contributed by atoms with van der Waals surface area (Å²) in [7, 11) is -2.77. The molecule has 20 heavy (non-hydrogen) atoms. The Balaban J connectivity index is 1.53. The van der Waals surface area contributed by atoms with Gasteiger partial charge in [0.05, 0.1) is 24.0 Å². The van der Waals surface area contributed by atoms with E-state index in [9.17, 15) is 13.2 Å². The van der Waals surface area contributed by atoms with E-state index in [1.807, 2.05) is 0 Å². The van der Waals surface area contributed by atoms with Gasteiger partial charge in [-0.05, 0) is 44.4 Å². The Morgan fingerprint density at radius 1 is 1.25 bits per heavy atom. The summed E-state index contributed by atoms with van der Waals surface area (Å²) in [5, 5.41) is 2.91. The van der Waals surface area contributed by atoms with Gasteiger partial charge < -0.3 is 10.1 Å². The van der Waals surface area contributed by atoms with Crippen LogP contribution in [0.5, 0.6) is 0 Å². The van der Waals surface area contributed by atoms with E-state index < -0.39 is 9.84 Å². The fraction of sp³-hybridized carbons (Fsp3) is 0.929. The molecule has 2 aliphatic heterocycles. The average molecular weight is 303 g/mol. The molecule has 2 fully saturated rings. The Hall–Kier alpha value is -0.620. The molecule has 6 heteroatoms. The van der Waals surface area contributed by atoms with Gasteiger partial charge in [-0.2, -0.15) is 0 Å². The lowest BCUT2D eigenvalue weighted by atomic mass is 10.0. The maximum Gasteiger partial charge on any atom is 0.222 e. The molecule has 2 saturated heterocycles. The first-order valence-corrected chi connectivity index (χ1v) is 9.46. The Morgan fingerprint density at radius 3 is 2.75 bits per heavy atom. The highest BCUT2D eigenvalue weighted by Gasteiger charge is 2.27. The molecule has 0 saturated carbocycles. The zero-order valence-electron chi connectivity index (χ0n) is 12.0. The van der Waals surface area contributed by atoms with Gasteiger partial charge in [0.1, 0.15) is 0 Å². The summed E-state index contributed by atoms with van der Waals surface area (Å²) in [5.74, 6) is 1.01. The number of carbonyl (C=O) groups is 1. The van der Waals surface area contributed by atoms with Crippen molar-refractivity contribution in [1.82, 2.24) is 5.32 Å². The normalized spacial score (nSPS) is 29.2. The van der Waals surface area contributed by atoms with Crippen molar-refractivity contribution in [3.05, 3.63) is 0 Å². The summed E-state index contributed by atoms with van der Waals surface area (Å²) < 4.78 is 28.2. The van der Waals surface area contributed by atoms with E-state index in [1.54, 1.807) is 0 Å². The maximum absolute atomic E-state index is 11.7. The molecular formula is C14H25NO4S. The summed E-state index contributed by atoms with van der Waals surface area (Å²) in [5.41, 5.74) is 0. The van der Waals surface area contributed by atoms with Crippen LogP contribution in [-0.2, 0) is 19.4 Å². The first-order chi connectivity index (χ1) is 9.55. The summed E-state index contributed by atoms with van der Waals surface area (Å²) in [4.78, 5) is 11.7. The summed E-state index contributed by atoms with van der Waals surface area (Å²) in [6, 6.07) is 0. The number of ether oxygens (including phenoxy) is 1. The molecule has 2 unspecified atom stereocenters. The number of hydrogen-bond donors (Lipinski definition) is 1. The summed E-state index contributed by atoms with van der Waals surface area (Å²) in [6.07, 6.45) is 6.30. The van der Waals surface area contributed by atoms with Crippen molar-refractivity contribution in [2.45, 2.75) is 51.0 Å². The SMILES string of the molecule is O=C(CC1CCCCO1)NCCCC1CCS(=O)(=O)C1. The van der Waals surface area contributed by atoms with Crippen molar-refractivity contribution in [3.63, 3.8) is 0 Å². The monoisotopic (exact) mass is 303 g/mol. The average Bonchev–Trinajstić information content (AvgIpc) is 2.75. The highest BCUT2D eigenvalue weighted by Crippen LogP contribution is 2.22. The van der Waals surface area contributed by atoms with Crippen LogP contribution in [0.15, 0.2) is 0 Å². The van der Waals surface area contributed by atoms with Gasteiger partial charge in [0, 0.05) is 13.2 Å². The minimum absolute atomic E-state index is 0.0518. The lowest BCUT2D eigenvalue weighted by molar-refractivity contribution is -0.124. The number of hydrogen-bond acceptors (Lipinski definition) is 4. The third-order valence-corrected chi connectivity index (χ3v) is 5.96. The van der Waals surface area contributed by atoms with Crippen molar-refractivity contribution in [3.8, 4) is 0 Å². The van der Waals surface area contributed by atoms with E-state index in [2.05, 4.69) is 5.32 Å². The first-order valence-electron chi connectivity index (χ1n) is 7.64. The van der Waals surface area contributed by atoms with E-state index >= 15 is 0 Å². The second kappa shape index (κ2) is 7.41. The number of amides is 1. The number of nitrogens with one attached hydrogen (secondary N) is 1. The van der Waals surface area contributed by atoms with E-state index in [0.29, 0.717) is 30.4 Å². The van der Waals surface area contributed by atoms with E-state index in [0.717, 1.165) is 45.1 Å². The number of carbonyl (C=O) groups excluding carboxylic acids is 1. The largest absolute Gasteiger partial charge is 0.378 e. The molecule has 2 heterocycles. The predicted molar refractivity (Wildman–Crippen MR) is 77.2 cm³/mol. The number of rotatable bonds is 6. The molecule has 0 radical (unpaired) electrons. The fourth-order valence-corrected chi connectivity index (χ4v) is 4.88. The van der Waals surface area contributed by atoms with Crippen LogP contribution < -0.4 is 5.32 Å². The van der Waals surface area contributed by atoms with Crippen molar-refractivity contribution in [2.75, 3.05) is 24.7 Å². The van der Waals surface area contributed by atoms with Crippen molar-refractivity contribution >= 4 is 15.7 Å². The Labute approximate surface area is 121 Å². The van der Waals surface area contributed by atoms with Crippen LogP contribution in [0.3, 0.4) is 0 Å². The van der Waals surface area contributed by atoms with Gasteiger partial charge in [-0.15, -0.1) is 0 Å². The zero-order valence-corrected chi connectivity index (χ0v) is 12.8. The predicted octanol–water partition coefficient (Wildman–Crippen LogP) is 1.28. The molecule has 0 aromatic carbocycles. The molecule has 0 aromatic heterocycles. The lowest BCUT2D eigenvalue weighted by Gasteiger charge is -2.21. The molecule has 1 amide bonds. The summed E-state index contributed by atoms with van der Waals surface area (Å²) >= 11 is 0. The number of sulfone groups is 1. The van der Waals surface area contributed by atoms with E-state index in [-0.39, 0.29) is 12.0 Å². The summed E-state index contributed by atoms with van der Waals surface area (Å²) in [6.45, 7) is 1.41. The minimum atomic E-state index is -2.77. The third kappa shape index (κ3) is 5.40. The second-order valence-corrected chi connectivity index (χ2v) is 8.18. The van der Waals surface area contributed by atoms with Gasteiger partial charge in [0.25, 0.3) is 0 Å². The quantitative estimate of drug-likeness (QED) is 0.750. The standard InChI is InChI=1S/C14H25NO4S/c16-14(10-13-5-1-2-8-19-13)15-7-3-4-12-6-9-20(17,18)11-12/h12-13H,1-11H2,(H,15,16). The molecule has 116 valence electrons. The Morgan fingerprint density at radius 2 is 2.10 bits per heavy atom. The molecule has 0 spiro atoms. The van der Waals surface area contributed by atoms with Crippen LogP contribution in [-0.4, -0.2) is 45.1 Å². The van der Waals surface area contributed by atoms with Crippen LogP contribution in [0.2, 0.25) is 0 Å². The first kappa shape index (κ1) is 15.8. The molecular weight excluding hydrogens is 278 g/mol. The topological polar surface area (TPSA) is 72.5 Å². The van der Waals surface area contributed by atoms with Crippen LogP contribution in [0.25, 0.3) is 0 Å². The molecule has 2 rings (SSSR count). The highest BCUT2D eigenvalue weighted by molar-refractivity contribution is 7.91. The molecule has 0 aromatic rings. The molecule has 1 N–H and O–H groups in total. The Bertz CT molecular complexity index is 415. The molecule has 2 atom stereocenters. The van der Waals surface area contributed by atoms with Gasteiger partial charge in [-0.25, -0.2) is 8.42 Å². The zero-order chi connectivity index (χ0) is 14.4. The van der Waals surface area contributed by atoms with Gasteiger partial charge in [0.15, 0.2) is 9.84 Å². The van der Waals surface area contributed by atoms with Gasteiger partial charge in [0.2, 0.25) is 5.91 Å². The molecule has 5 nitrogen and oxygen atoms in total. The van der Waals surface area contributed by atoms with Crippen molar-refractivity contribution in [1.29, 1.82) is 0 Å². The lowest BCUT2D eigenvalue weighted by Crippen LogP contribution is -2.31. The van der Waals surface area contributed by atoms with Gasteiger partial charge in [-0.1, -0.05) is 0 Å². The van der Waals surface area contributed by atoms with Crippen LogP contribution >= 0.6 is 0 Å². The minimum Gasteiger partial charge on any atom is -0.378 e. The van der Waals surface area contributed by atoms with Crippen LogP contribution in [0, 0.1) is 5.92 Å². The smallest absolute Gasteiger partial charge is 0.222 e. The maximum atomic E-state index is 11.7. The molecule has 0 bridgehead atoms. The van der Waals surface area contributed by atoms with Crippen LogP contribution in [0.1, 0.15) is 44.9 Å². The van der Waals surface area contributed by atoms with E-state index in [4.69, 9.17) is 4.74 Å². The second-order valence-electron chi connectivity index (χ2n) is 5.95. The van der Waals surface area contributed by atoms with E-state index in [1.165, 1.54) is 0 Å². The third-order valence-electron chi connectivity index (χ3n) is 4.13. The highest BCUT2D eigenvalue weighted by atomic mass is 32.2. The van der Waals surface area contributed by atoms with Gasteiger partial charge in [-0.3, -0.25) is 4.79 Å². The molecule has 0 aliphatic carbocycles. The van der Waals surface area contributed by atoms with Crippen molar-refractivity contribution in [2.24, 2.45) is 5.92 Å². The van der Waals surface area contributed by atoms with Gasteiger partial charge >= 0.3 is 0 Å². The molecule has 2 aliphatic rings.